The van der Waals surface area contributed by atoms with E-state index in [1.165, 1.54) is 13.2 Å². The van der Waals surface area contributed by atoms with Crippen molar-refractivity contribution in [1.82, 2.24) is 0 Å². The van der Waals surface area contributed by atoms with Crippen LogP contribution < -0.4 is 4.74 Å². The zero-order chi connectivity index (χ0) is 12.3. The van der Waals surface area contributed by atoms with Crippen molar-refractivity contribution in [3.8, 4) is 5.75 Å². The quantitative estimate of drug-likeness (QED) is 0.749. The number of carbonyl (C=O) groups excluding carboxylic acids is 1. The largest absolute Gasteiger partial charge is 0.497 e. The average Bonchev–Trinajstić information content (AvgIpc) is 2.70. The van der Waals surface area contributed by atoms with Crippen LogP contribution >= 0.6 is 0 Å². The Morgan fingerprint density at radius 3 is 2.41 bits per heavy atom. The van der Waals surface area contributed by atoms with Gasteiger partial charge in [-0.2, -0.15) is 0 Å². The normalized spacial score (nSPS) is 16.7. The van der Waals surface area contributed by atoms with Crippen molar-refractivity contribution in [3.05, 3.63) is 47.4 Å². The van der Waals surface area contributed by atoms with Gasteiger partial charge < -0.3 is 14.2 Å². The zero-order valence-electron chi connectivity index (χ0n) is 9.60. The van der Waals surface area contributed by atoms with Gasteiger partial charge in [0.1, 0.15) is 5.75 Å². The lowest BCUT2D eigenvalue weighted by molar-refractivity contribution is -0.132. The maximum Gasteiger partial charge on any atom is 0.340 e. The lowest BCUT2D eigenvalue weighted by atomic mass is 10.2. The van der Waals surface area contributed by atoms with E-state index in [2.05, 4.69) is 0 Å². The highest BCUT2D eigenvalue weighted by molar-refractivity contribution is 5.89. The van der Waals surface area contributed by atoms with Crippen molar-refractivity contribution in [2.24, 2.45) is 0 Å². The Labute approximate surface area is 99.1 Å². The molecule has 0 unspecified atom stereocenters. The lowest BCUT2D eigenvalue weighted by Gasteiger charge is -2.03. The fourth-order valence-electron chi connectivity index (χ4n) is 1.48. The summed E-state index contributed by atoms with van der Waals surface area (Å²) in [5.41, 5.74) is 0.901. The Morgan fingerprint density at radius 1 is 1.12 bits per heavy atom. The molecular formula is C13H12O4. The van der Waals surface area contributed by atoms with Gasteiger partial charge >= 0.3 is 5.97 Å². The van der Waals surface area contributed by atoms with E-state index < -0.39 is 5.97 Å². The molecule has 0 amide bonds. The molecule has 17 heavy (non-hydrogen) atoms. The van der Waals surface area contributed by atoms with Gasteiger partial charge in [-0.3, -0.25) is 0 Å². The van der Waals surface area contributed by atoms with E-state index in [0.29, 0.717) is 11.5 Å². The zero-order valence-corrected chi connectivity index (χ0v) is 9.60. The van der Waals surface area contributed by atoms with Crippen LogP contribution in [0, 0.1) is 0 Å². The number of hydrogen-bond acceptors (Lipinski definition) is 4. The third-order valence-corrected chi connectivity index (χ3v) is 2.34. The molecular weight excluding hydrogens is 220 g/mol. The summed E-state index contributed by atoms with van der Waals surface area (Å²) in [7, 11) is 3.10. The molecule has 1 aromatic carbocycles. The molecule has 0 atom stereocenters. The second-order valence-corrected chi connectivity index (χ2v) is 3.42. The Hall–Kier alpha value is -2.23. The lowest BCUT2D eigenvalue weighted by Crippen LogP contribution is -1.92. The highest BCUT2D eigenvalue weighted by Crippen LogP contribution is 2.23. The van der Waals surface area contributed by atoms with Crippen LogP contribution in [-0.2, 0) is 14.3 Å². The van der Waals surface area contributed by atoms with E-state index >= 15 is 0 Å². The highest BCUT2D eigenvalue weighted by Gasteiger charge is 2.20. The summed E-state index contributed by atoms with van der Waals surface area (Å²) in [6.07, 6.45) is 3.05. The number of hydrogen-bond donors (Lipinski definition) is 0. The number of rotatable bonds is 3. The van der Waals surface area contributed by atoms with Crippen molar-refractivity contribution in [2.45, 2.75) is 0 Å². The number of methoxy groups -OCH3 is 2. The smallest absolute Gasteiger partial charge is 0.340 e. The molecule has 0 N–H and O–H groups in total. The first kappa shape index (κ1) is 11.3. The first-order chi connectivity index (χ1) is 8.22. The molecule has 0 aromatic heterocycles. The monoisotopic (exact) mass is 232 g/mol. The molecule has 1 aromatic rings. The summed E-state index contributed by atoms with van der Waals surface area (Å²) in [6, 6.07) is 7.40. The van der Waals surface area contributed by atoms with E-state index in [-0.39, 0.29) is 0 Å². The minimum Gasteiger partial charge on any atom is -0.497 e. The van der Waals surface area contributed by atoms with Gasteiger partial charge in [-0.1, -0.05) is 12.1 Å². The van der Waals surface area contributed by atoms with Crippen molar-refractivity contribution in [1.29, 1.82) is 0 Å². The third-order valence-electron chi connectivity index (χ3n) is 2.34. The molecule has 0 saturated carbocycles. The molecule has 1 heterocycles. The van der Waals surface area contributed by atoms with E-state index in [4.69, 9.17) is 14.2 Å². The summed E-state index contributed by atoms with van der Waals surface area (Å²) in [5, 5.41) is 0. The van der Waals surface area contributed by atoms with Crippen LogP contribution in [0.3, 0.4) is 0 Å². The van der Waals surface area contributed by atoms with Gasteiger partial charge in [-0.05, 0) is 23.8 Å². The second-order valence-electron chi connectivity index (χ2n) is 3.42. The van der Waals surface area contributed by atoms with Gasteiger partial charge in [0, 0.05) is 0 Å². The van der Waals surface area contributed by atoms with E-state index in [1.54, 1.807) is 13.2 Å². The minimum absolute atomic E-state index is 0.415. The Balaban J connectivity index is 2.24. The Morgan fingerprint density at radius 2 is 1.82 bits per heavy atom. The molecule has 4 heteroatoms. The van der Waals surface area contributed by atoms with Crippen molar-refractivity contribution in [2.75, 3.05) is 14.2 Å². The molecule has 1 aliphatic rings. The fourth-order valence-corrected chi connectivity index (χ4v) is 1.48. The van der Waals surface area contributed by atoms with Gasteiger partial charge in [0.25, 0.3) is 0 Å². The van der Waals surface area contributed by atoms with Gasteiger partial charge in [-0.25, -0.2) is 4.79 Å². The van der Waals surface area contributed by atoms with Crippen molar-refractivity contribution < 1.29 is 19.0 Å². The third kappa shape index (κ3) is 2.47. The first-order valence-corrected chi connectivity index (χ1v) is 5.06. The molecule has 2 rings (SSSR count). The molecule has 0 spiro atoms. The van der Waals surface area contributed by atoms with Crippen molar-refractivity contribution in [3.63, 3.8) is 0 Å². The maximum absolute atomic E-state index is 11.1. The number of cyclic esters (lactones) is 1. The molecule has 0 saturated heterocycles. The SMILES string of the molecule is COC1=CC(=O)OC1=Cc1ccc(OC)cc1. The van der Waals surface area contributed by atoms with E-state index in [1.807, 2.05) is 24.3 Å². The van der Waals surface area contributed by atoms with Crippen LogP contribution in [0.1, 0.15) is 5.56 Å². The number of benzene rings is 1. The molecule has 4 nitrogen and oxygen atoms in total. The highest BCUT2D eigenvalue weighted by atomic mass is 16.6. The second kappa shape index (κ2) is 4.74. The summed E-state index contributed by atoms with van der Waals surface area (Å²) < 4.78 is 15.1. The van der Waals surface area contributed by atoms with Crippen LogP contribution in [0.25, 0.3) is 6.08 Å². The standard InChI is InChI=1S/C13H12O4/c1-15-10-5-3-9(4-6-10)7-12-11(16-2)8-13(14)17-12/h3-8H,1-2H3. The van der Waals surface area contributed by atoms with E-state index in [0.717, 1.165) is 11.3 Å². The van der Waals surface area contributed by atoms with Gasteiger partial charge in [0.05, 0.1) is 20.3 Å². The van der Waals surface area contributed by atoms with Crippen LogP contribution in [0.15, 0.2) is 41.9 Å². The molecule has 0 radical (unpaired) electrons. The van der Waals surface area contributed by atoms with Crippen LogP contribution in [0.4, 0.5) is 0 Å². The van der Waals surface area contributed by atoms with Crippen molar-refractivity contribution >= 4 is 12.0 Å². The topological polar surface area (TPSA) is 44.8 Å². The summed E-state index contributed by atoms with van der Waals surface area (Å²) in [6.45, 7) is 0. The average molecular weight is 232 g/mol. The van der Waals surface area contributed by atoms with Gasteiger partial charge in [0.2, 0.25) is 0 Å². The van der Waals surface area contributed by atoms with E-state index in [9.17, 15) is 4.79 Å². The summed E-state index contributed by atoms with van der Waals surface area (Å²) in [4.78, 5) is 11.1. The predicted octanol–water partition coefficient (Wildman–Crippen LogP) is 2.12. The first-order valence-electron chi connectivity index (χ1n) is 5.06. The summed E-state index contributed by atoms with van der Waals surface area (Å²) >= 11 is 0. The van der Waals surface area contributed by atoms with Crippen LogP contribution in [0.5, 0.6) is 5.75 Å². The minimum atomic E-state index is -0.415. The molecule has 88 valence electrons. The van der Waals surface area contributed by atoms with Crippen LogP contribution in [-0.4, -0.2) is 20.2 Å². The Kier molecular flexibility index (Phi) is 3.14. The molecule has 1 aliphatic heterocycles. The van der Waals surface area contributed by atoms with Gasteiger partial charge in [0.15, 0.2) is 11.5 Å². The number of carbonyl (C=O) groups is 1. The van der Waals surface area contributed by atoms with Gasteiger partial charge in [-0.15, -0.1) is 0 Å². The summed E-state index contributed by atoms with van der Waals surface area (Å²) in [5.74, 6) is 1.22. The molecule has 0 bridgehead atoms. The fraction of sp³-hybridized carbons (Fsp3) is 0.154. The molecule has 0 fully saturated rings. The Bertz CT molecular complexity index is 483. The predicted molar refractivity (Wildman–Crippen MR) is 62.2 cm³/mol. The maximum atomic E-state index is 11.1. The van der Waals surface area contributed by atoms with Crippen LogP contribution in [0.2, 0.25) is 0 Å². The molecule has 0 aliphatic carbocycles. The number of ether oxygens (including phenoxy) is 3. The number of esters is 1.